The highest BCUT2D eigenvalue weighted by atomic mass is 32.2. The fourth-order valence-corrected chi connectivity index (χ4v) is 4.52. The fourth-order valence-electron chi connectivity index (χ4n) is 4.11. The lowest BCUT2D eigenvalue weighted by Crippen LogP contribution is -2.17. The van der Waals surface area contributed by atoms with E-state index in [4.69, 9.17) is 4.74 Å². The maximum Gasteiger partial charge on any atom is 0.352 e. The van der Waals surface area contributed by atoms with Crippen molar-refractivity contribution in [3.05, 3.63) is 94.7 Å². The van der Waals surface area contributed by atoms with E-state index in [-0.39, 0.29) is 0 Å². The number of hydrogen-bond donors (Lipinski definition) is 2. The summed E-state index contributed by atoms with van der Waals surface area (Å²) in [5, 5.41) is 14.6. The van der Waals surface area contributed by atoms with Crippen LogP contribution in [0, 0.1) is 6.92 Å². The monoisotopic (exact) mass is 460 g/mol. The lowest BCUT2D eigenvalue weighted by atomic mass is 10.1. The first kappa shape index (κ1) is 23.0. The summed E-state index contributed by atoms with van der Waals surface area (Å²) in [6, 6.07) is 22.3. The number of carbonyl (C=O) groups is 1. The van der Waals surface area contributed by atoms with E-state index in [1.165, 1.54) is 10.5 Å². The zero-order valence-corrected chi connectivity index (χ0v) is 19.9. The molecule has 0 aliphatic rings. The number of thioether (sulfide) groups is 1. The van der Waals surface area contributed by atoms with Crippen molar-refractivity contribution in [2.45, 2.75) is 31.5 Å². The van der Waals surface area contributed by atoms with E-state index in [0.717, 1.165) is 33.3 Å². The number of nitrogens with one attached hydrogen (secondary N) is 1. The van der Waals surface area contributed by atoms with Crippen molar-refractivity contribution in [2.24, 2.45) is 0 Å². The number of hydrogen-bond acceptors (Lipinski definition) is 4. The van der Waals surface area contributed by atoms with Crippen LogP contribution in [0.3, 0.4) is 0 Å². The van der Waals surface area contributed by atoms with Crippen molar-refractivity contribution in [3.8, 4) is 5.75 Å². The number of aryl methyl sites for hydroxylation is 1. The quantitative estimate of drug-likeness (QED) is 0.313. The molecule has 0 amide bonds. The minimum absolute atomic E-state index is 0.330. The van der Waals surface area contributed by atoms with Crippen LogP contribution in [-0.4, -0.2) is 29.0 Å². The van der Waals surface area contributed by atoms with Gasteiger partial charge in [-0.25, -0.2) is 4.79 Å². The average molecular weight is 461 g/mol. The Bertz CT molecular complexity index is 1260. The molecule has 1 aromatic heterocycles. The molecule has 2 N–H and O–H groups in total. The second-order valence-corrected chi connectivity index (χ2v) is 8.92. The van der Waals surface area contributed by atoms with Gasteiger partial charge in [0.1, 0.15) is 11.4 Å². The second-order valence-electron chi connectivity index (χ2n) is 8.04. The molecule has 0 aliphatic carbocycles. The van der Waals surface area contributed by atoms with E-state index in [1.807, 2.05) is 47.9 Å². The highest BCUT2D eigenvalue weighted by Crippen LogP contribution is 2.29. The van der Waals surface area contributed by atoms with Crippen LogP contribution < -0.4 is 10.1 Å². The normalized spacial score (nSPS) is 11.1. The van der Waals surface area contributed by atoms with Crippen LogP contribution >= 0.6 is 11.8 Å². The van der Waals surface area contributed by atoms with Crippen molar-refractivity contribution in [3.63, 3.8) is 0 Å². The number of aromatic nitrogens is 1. The SMILES string of the molecule is COc1ccc(Cn2c(C(=O)O)c(CNCc3ccc(SC)cc3)c3ccc(C)cc32)cc1. The van der Waals surface area contributed by atoms with Gasteiger partial charge in [-0.2, -0.15) is 0 Å². The number of carboxylic acids is 1. The minimum Gasteiger partial charge on any atom is -0.497 e. The third-order valence-electron chi connectivity index (χ3n) is 5.82. The first-order valence-electron chi connectivity index (χ1n) is 10.8. The number of methoxy groups -OCH3 is 1. The zero-order valence-electron chi connectivity index (χ0n) is 19.1. The molecule has 1 heterocycles. The molecule has 0 unspecified atom stereocenters. The van der Waals surface area contributed by atoms with E-state index < -0.39 is 5.97 Å². The largest absolute Gasteiger partial charge is 0.497 e. The van der Waals surface area contributed by atoms with Gasteiger partial charge in [0.25, 0.3) is 0 Å². The molecule has 5 nitrogen and oxygen atoms in total. The molecule has 0 radical (unpaired) electrons. The van der Waals surface area contributed by atoms with Crippen molar-refractivity contribution >= 4 is 28.6 Å². The van der Waals surface area contributed by atoms with Crippen molar-refractivity contribution in [1.29, 1.82) is 0 Å². The highest BCUT2D eigenvalue weighted by Gasteiger charge is 2.22. The van der Waals surface area contributed by atoms with Gasteiger partial charge >= 0.3 is 5.97 Å². The van der Waals surface area contributed by atoms with E-state index >= 15 is 0 Å². The maximum atomic E-state index is 12.4. The smallest absolute Gasteiger partial charge is 0.352 e. The average Bonchev–Trinajstić information content (AvgIpc) is 3.12. The van der Waals surface area contributed by atoms with Crippen LogP contribution in [0.15, 0.2) is 71.6 Å². The number of benzene rings is 3. The molecule has 3 aromatic carbocycles. The molecule has 4 rings (SSSR count). The van der Waals surface area contributed by atoms with Gasteiger partial charge in [0, 0.05) is 41.0 Å². The molecular weight excluding hydrogens is 432 g/mol. The Balaban J connectivity index is 1.67. The van der Waals surface area contributed by atoms with Crippen LogP contribution in [0.2, 0.25) is 0 Å². The summed E-state index contributed by atoms with van der Waals surface area (Å²) >= 11 is 1.72. The lowest BCUT2D eigenvalue weighted by molar-refractivity contribution is 0.0684. The third kappa shape index (κ3) is 5.07. The van der Waals surface area contributed by atoms with Crippen LogP contribution in [0.4, 0.5) is 0 Å². The van der Waals surface area contributed by atoms with E-state index in [0.29, 0.717) is 25.3 Å². The molecule has 0 saturated carbocycles. The summed E-state index contributed by atoms with van der Waals surface area (Å²) in [6.07, 6.45) is 2.06. The van der Waals surface area contributed by atoms with E-state index in [9.17, 15) is 9.90 Å². The Hall–Kier alpha value is -3.22. The van der Waals surface area contributed by atoms with Gasteiger partial charge < -0.3 is 19.7 Å². The standard InChI is InChI=1S/C27H28N2O3S/c1-18-4-13-23-24(16-28-15-19-7-11-22(33-3)12-8-19)26(27(30)31)29(25(23)14-18)17-20-5-9-21(32-2)10-6-20/h4-14,28H,15-17H2,1-3H3,(H,30,31). The van der Waals surface area contributed by atoms with Gasteiger partial charge in [-0.05, 0) is 60.2 Å². The molecule has 4 aromatic rings. The molecule has 0 fully saturated rings. The predicted octanol–water partition coefficient (Wildman–Crippen LogP) is 5.72. The van der Waals surface area contributed by atoms with Crippen LogP contribution in [0.25, 0.3) is 10.9 Å². The lowest BCUT2D eigenvalue weighted by Gasteiger charge is -2.11. The zero-order chi connectivity index (χ0) is 23.4. The predicted molar refractivity (Wildman–Crippen MR) is 134 cm³/mol. The Kier molecular flexibility index (Phi) is 7.06. The fraction of sp³-hybridized carbons (Fsp3) is 0.222. The van der Waals surface area contributed by atoms with Crippen LogP contribution in [-0.2, 0) is 19.6 Å². The third-order valence-corrected chi connectivity index (χ3v) is 6.56. The molecule has 0 bridgehead atoms. The number of carboxylic acid groups (broad SMARTS) is 1. The van der Waals surface area contributed by atoms with E-state index in [2.05, 4.69) is 41.9 Å². The molecule has 0 aliphatic heterocycles. The van der Waals surface area contributed by atoms with Crippen molar-refractivity contribution < 1.29 is 14.6 Å². The second kappa shape index (κ2) is 10.1. The maximum absolute atomic E-state index is 12.4. The number of nitrogens with zero attached hydrogens (tertiary/aromatic N) is 1. The number of fused-ring (bicyclic) bond motifs is 1. The summed E-state index contributed by atoms with van der Waals surface area (Å²) in [5.41, 5.74) is 5.36. The first-order chi connectivity index (χ1) is 16.0. The highest BCUT2D eigenvalue weighted by molar-refractivity contribution is 7.98. The topological polar surface area (TPSA) is 63.5 Å². The summed E-state index contributed by atoms with van der Waals surface area (Å²) in [5.74, 6) is -0.139. The van der Waals surface area contributed by atoms with Crippen molar-refractivity contribution in [2.75, 3.05) is 13.4 Å². The Morgan fingerprint density at radius 2 is 1.70 bits per heavy atom. The number of ether oxygens (including phenoxy) is 1. The molecule has 33 heavy (non-hydrogen) atoms. The number of aromatic carboxylic acids is 1. The summed E-state index contributed by atoms with van der Waals surface area (Å²) < 4.78 is 7.17. The molecule has 0 saturated heterocycles. The minimum atomic E-state index is -0.918. The number of rotatable bonds is 9. The molecule has 0 atom stereocenters. The Labute approximate surface area is 198 Å². The summed E-state index contributed by atoms with van der Waals surface area (Å²) in [6.45, 7) is 3.65. The Morgan fingerprint density at radius 1 is 1.00 bits per heavy atom. The first-order valence-corrected chi connectivity index (χ1v) is 12.0. The van der Waals surface area contributed by atoms with Crippen molar-refractivity contribution in [1.82, 2.24) is 9.88 Å². The molecule has 170 valence electrons. The van der Waals surface area contributed by atoms with Crippen LogP contribution in [0.1, 0.15) is 32.7 Å². The van der Waals surface area contributed by atoms with Gasteiger partial charge in [-0.1, -0.05) is 36.4 Å². The summed E-state index contributed by atoms with van der Waals surface area (Å²) in [4.78, 5) is 13.6. The van der Waals surface area contributed by atoms with Gasteiger partial charge in [0.15, 0.2) is 0 Å². The van der Waals surface area contributed by atoms with Gasteiger partial charge in [-0.3, -0.25) is 0 Å². The van der Waals surface area contributed by atoms with Crippen LogP contribution in [0.5, 0.6) is 5.75 Å². The molecular formula is C27H28N2O3S. The molecule has 0 spiro atoms. The Morgan fingerprint density at radius 3 is 2.33 bits per heavy atom. The molecule has 6 heteroatoms. The summed E-state index contributed by atoms with van der Waals surface area (Å²) in [7, 11) is 1.64. The van der Waals surface area contributed by atoms with E-state index in [1.54, 1.807) is 18.9 Å². The van der Waals surface area contributed by atoms with Gasteiger partial charge in [-0.15, -0.1) is 11.8 Å². The van der Waals surface area contributed by atoms with Gasteiger partial charge in [0.2, 0.25) is 0 Å². The van der Waals surface area contributed by atoms with Gasteiger partial charge in [0.05, 0.1) is 7.11 Å².